The highest BCUT2D eigenvalue weighted by Gasteiger charge is 2.14. The number of methoxy groups -OCH3 is 1. The van der Waals surface area contributed by atoms with Gasteiger partial charge in [0.2, 0.25) is 5.91 Å². The first-order valence-electron chi connectivity index (χ1n) is 9.98. The van der Waals surface area contributed by atoms with Gasteiger partial charge in [-0.2, -0.15) is 0 Å². The van der Waals surface area contributed by atoms with Crippen LogP contribution in [0.5, 0.6) is 5.75 Å². The summed E-state index contributed by atoms with van der Waals surface area (Å²) in [5, 5.41) is 3.43. The van der Waals surface area contributed by atoms with E-state index in [2.05, 4.69) is 20.0 Å². The van der Waals surface area contributed by atoms with E-state index in [1.165, 1.54) is 11.8 Å². The van der Waals surface area contributed by atoms with Crippen LogP contribution in [0.3, 0.4) is 0 Å². The molecular weight excluding hydrogens is 460 g/mol. The van der Waals surface area contributed by atoms with Gasteiger partial charge in [0, 0.05) is 17.4 Å². The molecule has 0 saturated heterocycles. The second-order valence-electron chi connectivity index (χ2n) is 7.26. The highest BCUT2D eigenvalue weighted by atomic mass is 32.2. The van der Waals surface area contributed by atoms with Crippen LogP contribution in [-0.2, 0) is 14.8 Å². The average Bonchev–Trinajstić information content (AvgIpc) is 3.21. The van der Waals surface area contributed by atoms with Crippen molar-refractivity contribution >= 4 is 50.1 Å². The molecule has 0 aliphatic rings. The standard InChI is InChI=1S/C23H22N4O4S2/c1-15-3-10-19(11-4-15)33(29,30)27-17-7-5-16(6-8-17)24-22(28)14-32-23-25-20-12-9-18(31-2)13-21(20)26-23/h3-13,27H,14H2,1-2H3,(H,24,28)(H,25,26). The van der Waals surface area contributed by atoms with Gasteiger partial charge in [-0.05, 0) is 55.5 Å². The Hall–Kier alpha value is -3.50. The van der Waals surface area contributed by atoms with Crippen LogP contribution in [0.1, 0.15) is 5.56 Å². The zero-order valence-corrected chi connectivity index (χ0v) is 19.6. The van der Waals surface area contributed by atoms with E-state index in [1.54, 1.807) is 55.6 Å². The summed E-state index contributed by atoms with van der Waals surface area (Å²) >= 11 is 1.29. The number of hydrogen-bond acceptors (Lipinski definition) is 6. The van der Waals surface area contributed by atoms with E-state index in [0.29, 0.717) is 16.5 Å². The van der Waals surface area contributed by atoms with Crippen molar-refractivity contribution in [3.8, 4) is 5.75 Å². The van der Waals surface area contributed by atoms with Crippen molar-refractivity contribution < 1.29 is 17.9 Å². The summed E-state index contributed by atoms with van der Waals surface area (Å²) in [4.78, 5) is 20.1. The van der Waals surface area contributed by atoms with E-state index in [1.807, 2.05) is 25.1 Å². The van der Waals surface area contributed by atoms with Crippen LogP contribution in [0.2, 0.25) is 0 Å². The second-order valence-corrected chi connectivity index (χ2v) is 9.90. The molecule has 4 aromatic rings. The van der Waals surface area contributed by atoms with Gasteiger partial charge in [-0.3, -0.25) is 9.52 Å². The fraction of sp³-hybridized carbons (Fsp3) is 0.130. The van der Waals surface area contributed by atoms with E-state index in [4.69, 9.17) is 4.74 Å². The van der Waals surface area contributed by atoms with E-state index in [0.717, 1.165) is 22.3 Å². The lowest BCUT2D eigenvalue weighted by atomic mass is 10.2. The zero-order chi connectivity index (χ0) is 23.4. The Labute approximate surface area is 195 Å². The summed E-state index contributed by atoms with van der Waals surface area (Å²) in [5.41, 5.74) is 3.57. The van der Waals surface area contributed by atoms with Crippen molar-refractivity contribution in [2.24, 2.45) is 0 Å². The first kappa shape index (κ1) is 22.7. The van der Waals surface area contributed by atoms with Crippen molar-refractivity contribution in [1.82, 2.24) is 9.97 Å². The number of hydrogen-bond donors (Lipinski definition) is 3. The number of benzene rings is 3. The van der Waals surface area contributed by atoms with Gasteiger partial charge in [0.15, 0.2) is 5.16 Å². The molecule has 3 N–H and O–H groups in total. The summed E-state index contributed by atoms with van der Waals surface area (Å²) in [7, 11) is -2.08. The molecule has 0 atom stereocenters. The number of nitrogens with one attached hydrogen (secondary N) is 3. The molecule has 0 aliphatic heterocycles. The fourth-order valence-corrected chi connectivity index (χ4v) is 4.79. The van der Waals surface area contributed by atoms with Crippen molar-refractivity contribution in [2.75, 3.05) is 22.9 Å². The van der Waals surface area contributed by atoms with Crippen molar-refractivity contribution in [1.29, 1.82) is 0 Å². The molecule has 0 unspecified atom stereocenters. The van der Waals surface area contributed by atoms with Crippen LogP contribution in [0.15, 0.2) is 76.8 Å². The van der Waals surface area contributed by atoms with Crippen LogP contribution in [-0.4, -0.2) is 37.2 Å². The van der Waals surface area contributed by atoms with Gasteiger partial charge in [0.1, 0.15) is 5.75 Å². The molecule has 1 heterocycles. The monoisotopic (exact) mass is 482 g/mol. The van der Waals surface area contributed by atoms with E-state index in [-0.39, 0.29) is 16.6 Å². The van der Waals surface area contributed by atoms with Crippen LogP contribution in [0.4, 0.5) is 11.4 Å². The predicted octanol–water partition coefficient (Wildman–Crippen LogP) is 4.41. The minimum atomic E-state index is -3.68. The lowest BCUT2D eigenvalue weighted by molar-refractivity contribution is -0.113. The van der Waals surface area contributed by atoms with Gasteiger partial charge >= 0.3 is 0 Å². The number of aromatic nitrogens is 2. The molecule has 4 rings (SSSR count). The molecule has 0 fully saturated rings. The topological polar surface area (TPSA) is 113 Å². The molecule has 0 saturated carbocycles. The summed E-state index contributed by atoms with van der Waals surface area (Å²) in [6, 6.07) is 18.6. The fourth-order valence-electron chi connectivity index (χ4n) is 3.04. The molecule has 3 aromatic carbocycles. The number of nitrogens with zero attached hydrogens (tertiary/aromatic N) is 1. The third kappa shape index (κ3) is 5.65. The third-order valence-corrected chi connectivity index (χ3v) is 7.03. The van der Waals surface area contributed by atoms with Gasteiger partial charge in [0.25, 0.3) is 10.0 Å². The smallest absolute Gasteiger partial charge is 0.261 e. The molecular formula is C23H22N4O4S2. The molecule has 170 valence electrons. The summed E-state index contributed by atoms with van der Waals surface area (Å²) in [6.07, 6.45) is 0. The van der Waals surface area contributed by atoms with Crippen LogP contribution in [0, 0.1) is 6.92 Å². The Morgan fingerprint density at radius 2 is 1.73 bits per heavy atom. The normalized spacial score (nSPS) is 11.3. The summed E-state index contributed by atoms with van der Waals surface area (Å²) in [5.74, 6) is 0.690. The SMILES string of the molecule is COc1ccc2nc(SCC(=O)Nc3ccc(NS(=O)(=O)c4ccc(C)cc4)cc3)[nH]c2c1. The van der Waals surface area contributed by atoms with Crippen LogP contribution < -0.4 is 14.8 Å². The van der Waals surface area contributed by atoms with Gasteiger partial charge < -0.3 is 15.0 Å². The predicted molar refractivity (Wildman–Crippen MR) is 130 cm³/mol. The molecule has 1 aromatic heterocycles. The number of carbonyl (C=O) groups excluding carboxylic acids is 1. The van der Waals surface area contributed by atoms with Gasteiger partial charge in [-0.25, -0.2) is 13.4 Å². The molecule has 8 nitrogen and oxygen atoms in total. The van der Waals surface area contributed by atoms with E-state index < -0.39 is 10.0 Å². The maximum absolute atomic E-state index is 12.5. The number of carbonyl (C=O) groups is 1. The van der Waals surface area contributed by atoms with E-state index in [9.17, 15) is 13.2 Å². The Bertz CT molecular complexity index is 1380. The minimum absolute atomic E-state index is 0.165. The average molecular weight is 483 g/mol. The first-order chi connectivity index (χ1) is 15.8. The Kier molecular flexibility index (Phi) is 6.57. The number of rotatable bonds is 8. The van der Waals surface area contributed by atoms with Crippen molar-refractivity contribution in [2.45, 2.75) is 17.0 Å². The molecule has 0 bridgehead atoms. The maximum atomic E-state index is 12.5. The zero-order valence-electron chi connectivity index (χ0n) is 18.0. The first-order valence-corrected chi connectivity index (χ1v) is 12.5. The molecule has 1 amide bonds. The summed E-state index contributed by atoms with van der Waals surface area (Å²) in [6.45, 7) is 1.89. The number of anilines is 2. The number of fused-ring (bicyclic) bond motifs is 1. The van der Waals surface area contributed by atoms with Crippen molar-refractivity contribution in [3.63, 3.8) is 0 Å². The second kappa shape index (κ2) is 9.55. The van der Waals surface area contributed by atoms with Gasteiger partial charge in [0.05, 0.1) is 28.8 Å². The quantitative estimate of drug-likeness (QED) is 0.321. The number of H-pyrrole nitrogens is 1. The summed E-state index contributed by atoms with van der Waals surface area (Å²) < 4.78 is 32.7. The largest absolute Gasteiger partial charge is 0.497 e. The lowest BCUT2D eigenvalue weighted by Gasteiger charge is -2.10. The third-order valence-electron chi connectivity index (χ3n) is 4.76. The van der Waals surface area contributed by atoms with E-state index >= 15 is 0 Å². The maximum Gasteiger partial charge on any atom is 0.261 e. The Balaban J connectivity index is 1.33. The lowest BCUT2D eigenvalue weighted by Crippen LogP contribution is -2.15. The number of amides is 1. The molecule has 33 heavy (non-hydrogen) atoms. The molecule has 0 aliphatic carbocycles. The van der Waals surface area contributed by atoms with Gasteiger partial charge in [-0.1, -0.05) is 29.5 Å². The number of aryl methyl sites for hydroxylation is 1. The molecule has 0 radical (unpaired) electrons. The molecule has 0 spiro atoms. The minimum Gasteiger partial charge on any atom is -0.497 e. The van der Waals surface area contributed by atoms with Gasteiger partial charge in [-0.15, -0.1) is 0 Å². The molecule has 10 heteroatoms. The Morgan fingerprint density at radius 1 is 1.03 bits per heavy atom. The number of sulfonamides is 1. The number of thioether (sulfide) groups is 1. The Morgan fingerprint density at radius 3 is 2.42 bits per heavy atom. The van der Waals surface area contributed by atoms with Crippen LogP contribution in [0.25, 0.3) is 11.0 Å². The van der Waals surface area contributed by atoms with Crippen LogP contribution >= 0.6 is 11.8 Å². The highest BCUT2D eigenvalue weighted by Crippen LogP contribution is 2.24. The number of ether oxygens (including phenoxy) is 1. The highest BCUT2D eigenvalue weighted by molar-refractivity contribution is 7.99. The van der Waals surface area contributed by atoms with Crippen molar-refractivity contribution in [3.05, 3.63) is 72.3 Å². The number of imidazole rings is 1. The number of aromatic amines is 1.